The van der Waals surface area contributed by atoms with Crippen LogP contribution in [0.3, 0.4) is 0 Å². The van der Waals surface area contributed by atoms with Gasteiger partial charge in [-0.15, -0.1) is 5.10 Å². The van der Waals surface area contributed by atoms with E-state index in [1.807, 2.05) is 6.07 Å². The van der Waals surface area contributed by atoms with Gasteiger partial charge in [0.25, 0.3) is 5.56 Å². The van der Waals surface area contributed by atoms with Gasteiger partial charge in [0.1, 0.15) is 0 Å². The fraction of sp³-hybridized carbons (Fsp3) is 0.190. The minimum Gasteiger partial charge on any atom is -0.325 e. The highest BCUT2D eigenvalue weighted by atomic mass is 32.2. The Balaban J connectivity index is 1.57. The van der Waals surface area contributed by atoms with Gasteiger partial charge < -0.3 is 5.32 Å². The number of carbonyl (C=O) groups is 1. The summed E-state index contributed by atoms with van der Waals surface area (Å²) in [5.74, 6) is -0.951. The number of carbonyl (C=O) groups excluding carboxylic acids is 1. The van der Waals surface area contributed by atoms with Gasteiger partial charge in [-0.05, 0) is 41.6 Å². The predicted molar refractivity (Wildman–Crippen MR) is 119 cm³/mol. The van der Waals surface area contributed by atoms with Crippen molar-refractivity contribution in [1.82, 2.24) is 29.6 Å². The Morgan fingerprint density at radius 3 is 2.47 bits per heavy atom. The van der Waals surface area contributed by atoms with Gasteiger partial charge in [0, 0.05) is 7.05 Å². The van der Waals surface area contributed by atoms with Crippen LogP contribution in [-0.2, 0) is 18.0 Å². The molecule has 34 heavy (non-hydrogen) atoms. The molecule has 2 aromatic carbocycles. The number of anilines is 1. The number of tetrazole rings is 1. The minimum atomic E-state index is -4.61. The smallest absolute Gasteiger partial charge is 0.325 e. The average Bonchev–Trinajstić information content (AvgIpc) is 3.34. The summed E-state index contributed by atoms with van der Waals surface area (Å²) in [6.07, 6.45) is -4.61. The zero-order valence-electron chi connectivity index (χ0n) is 17.9. The number of hydrogen-bond donors (Lipinski definition) is 1. The van der Waals surface area contributed by atoms with Gasteiger partial charge >= 0.3 is 6.18 Å². The van der Waals surface area contributed by atoms with Gasteiger partial charge in [0.05, 0.1) is 28.4 Å². The SMILES string of the molecule is Cc1c(-n2nnnc2SCC(=O)Nc2ccccc2C(F)(F)F)c(=O)n(-c2ccccc2)n1C. The van der Waals surface area contributed by atoms with Gasteiger partial charge in [0.2, 0.25) is 11.1 Å². The van der Waals surface area contributed by atoms with Crippen molar-refractivity contribution in [3.8, 4) is 11.4 Å². The molecule has 0 atom stereocenters. The molecule has 13 heteroatoms. The summed E-state index contributed by atoms with van der Waals surface area (Å²) in [7, 11) is 1.72. The highest BCUT2D eigenvalue weighted by Gasteiger charge is 2.33. The summed E-state index contributed by atoms with van der Waals surface area (Å²) in [6, 6.07) is 13.7. The lowest BCUT2D eigenvalue weighted by Crippen LogP contribution is -2.22. The first-order valence-electron chi connectivity index (χ1n) is 9.90. The molecule has 2 heterocycles. The quantitative estimate of drug-likeness (QED) is 0.418. The average molecular weight is 489 g/mol. The normalized spacial score (nSPS) is 11.6. The van der Waals surface area contributed by atoms with Crippen molar-refractivity contribution >= 4 is 23.4 Å². The molecule has 2 aromatic heterocycles. The molecular weight excluding hydrogens is 471 g/mol. The first-order valence-corrected chi connectivity index (χ1v) is 10.9. The Morgan fingerprint density at radius 1 is 1.09 bits per heavy atom. The van der Waals surface area contributed by atoms with Crippen LogP contribution in [0.5, 0.6) is 0 Å². The molecule has 0 saturated carbocycles. The zero-order valence-corrected chi connectivity index (χ0v) is 18.8. The van der Waals surface area contributed by atoms with Crippen LogP contribution in [0.1, 0.15) is 11.3 Å². The Labute approximate surface area is 195 Å². The summed E-state index contributed by atoms with van der Waals surface area (Å²) in [4.78, 5) is 25.6. The van der Waals surface area contributed by atoms with Gasteiger partial charge in [-0.2, -0.15) is 17.9 Å². The zero-order chi connectivity index (χ0) is 24.5. The fourth-order valence-corrected chi connectivity index (χ4v) is 4.04. The summed E-state index contributed by atoms with van der Waals surface area (Å²) in [6.45, 7) is 1.73. The number of nitrogens with zero attached hydrogens (tertiary/aromatic N) is 6. The van der Waals surface area contributed by atoms with E-state index in [9.17, 15) is 22.8 Å². The molecule has 4 rings (SSSR count). The van der Waals surface area contributed by atoms with E-state index in [-0.39, 0.29) is 27.8 Å². The van der Waals surface area contributed by atoms with Crippen molar-refractivity contribution in [2.75, 3.05) is 11.1 Å². The van der Waals surface area contributed by atoms with Crippen molar-refractivity contribution in [2.24, 2.45) is 7.05 Å². The maximum Gasteiger partial charge on any atom is 0.418 e. The van der Waals surface area contributed by atoms with Gasteiger partial charge in [-0.25, -0.2) is 4.68 Å². The second-order valence-electron chi connectivity index (χ2n) is 7.16. The molecule has 1 N–H and O–H groups in total. The summed E-state index contributed by atoms with van der Waals surface area (Å²) in [5, 5.41) is 13.8. The first kappa shape index (κ1) is 23.3. The number of alkyl halides is 3. The van der Waals surface area contributed by atoms with Crippen LogP contribution in [0.2, 0.25) is 0 Å². The van der Waals surface area contributed by atoms with Crippen LogP contribution in [0.15, 0.2) is 64.5 Å². The lowest BCUT2D eigenvalue weighted by Gasteiger charge is -2.13. The van der Waals surface area contributed by atoms with E-state index in [1.54, 1.807) is 42.9 Å². The second-order valence-corrected chi connectivity index (χ2v) is 8.11. The molecule has 0 aliphatic rings. The lowest BCUT2D eigenvalue weighted by molar-refractivity contribution is -0.137. The van der Waals surface area contributed by atoms with Crippen molar-refractivity contribution in [3.05, 3.63) is 76.2 Å². The molecule has 0 radical (unpaired) electrons. The van der Waals surface area contributed by atoms with Gasteiger partial charge in [-0.1, -0.05) is 42.1 Å². The third-order valence-electron chi connectivity index (χ3n) is 5.02. The number of amides is 1. The van der Waals surface area contributed by atoms with E-state index in [2.05, 4.69) is 20.8 Å². The predicted octanol–water partition coefficient (Wildman–Crippen LogP) is 3.21. The third kappa shape index (κ3) is 4.46. The van der Waals surface area contributed by atoms with Crippen molar-refractivity contribution < 1.29 is 18.0 Å². The van der Waals surface area contributed by atoms with E-state index >= 15 is 0 Å². The van der Waals surface area contributed by atoms with Gasteiger partial charge in [0.15, 0.2) is 5.69 Å². The van der Waals surface area contributed by atoms with E-state index in [1.165, 1.54) is 27.6 Å². The number of rotatable bonds is 6. The van der Waals surface area contributed by atoms with Crippen LogP contribution in [0.25, 0.3) is 11.4 Å². The second kappa shape index (κ2) is 9.17. The maximum absolute atomic E-state index is 13.2. The van der Waals surface area contributed by atoms with E-state index < -0.39 is 17.6 Å². The number of hydrogen-bond acceptors (Lipinski definition) is 6. The molecule has 0 bridgehead atoms. The molecule has 1 amide bonds. The maximum atomic E-state index is 13.2. The Hall–Kier alpha value is -3.87. The Bertz CT molecular complexity index is 1390. The van der Waals surface area contributed by atoms with Crippen molar-refractivity contribution in [1.29, 1.82) is 0 Å². The summed E-state index contributed by atoms with van der Waals surface area (Å²) < 4.78 is 43.8. The van der Waals surface area contributed by atoms with Crippen molar-refractivity contribution in [3.63, 3.8) is 0 Å². The topological polar surface area (TPSA) is 99.6 Å². The molecule has 176 valence electrons. The number of nitrogens with one attached hydrogen (secondary N) is 1. The summed E-state index contributed by atoms with van der Waals surface area (Å²) >= 11 is 0.894. The number of halogens is 3. The molecule has 9 nitrogen and oxygen atoms in total. The lowest BCUT2D eigenvalue weighted by atomic mass is 10.1. The summed E-state index contributed by atoms with van der Waals surface area (Å²) in [5.41, 5.74) is -0.240. The Kier molecular flexibility index (Phi) is 6.28. The molecule has 4 aromatic rings. The molecule has 0 unspecified atom stereocenters. The monoisotopic (exact) mass is 489 g/mol. The molecular formula is C21H18F3N7O2S. The fourth-order valence-electron chi connectivity index (χ4n) is 3.36. The van der Waals surface area contributed by atoms with Gasteiger partial charge in [-0.3, -0.25) is 14.3 Å². The van der Waals surface area contributed by atoms with Crippen LogP contribution < -0.4 is 10.9 Å². The number of benzene rings is 2. The van der Waals surface area contributed by atoms with Crippen LogP contribution in [0.4, 0.5) is 18.9 Å². The molecule has 0 aliphatic heterocycles. The highest BCUT2D eigenvalue weighted by Crippen LogP contribution is 2.34. The molecule has 0 saturated heterocycles. The molecule has 0 aliphatic carbocycles. The molecule has 0 spiro atoms. The third-order valence-corrected chi connectivity index (χ3v) is 5.93. The Morgan fingerprint density at radius 2 is 1.76 bits per heavy atom. The van der Waals surface area contributed by atoms with E-state index in [0.29, 0.717) is 11.4 Å². The van der Waals surface area contributed by atoms with Crippen LogP contribution in [0, 0.1) is 6.92 Å². The standard InChI is InChI=1S/C21H18F3N7O2S/c1-13-18(19(33)31(29(13)2)14-8-4-3-5-9-14)30-20(26-27-28-30)34-12-17(32)25-16-11-7-6-10-15(16)21(22,23)24/h3-11H,12H2,1-2H3,(H,25,32). The van der Waals surface area contributed by atoms with Crippen molar-refractivity contribution in [2.45, 2.75) is 18.3 Å². The number of thioether (sulfide) groups is 1. The minimum absolute atomic E-state index is 0.144. The van der Waals surface area contributed by atoms with Crippen LogP contribution >= 0.6 is 11.8 Å². The number of aromatic nitrogens is 6. The largest absolute Gasteiger partial charge is 0.418 e. The first-order chi connectivity index (χ1) is 16.2. The molecule has 0 fully saturated rings. The van der Waals surface area contributed by atoms with E-state index in [0.717, 1.165) is 17.8 Å². The number of para-hydroxylation sites is 2. The van der Waals surface area contributed by atoms with E-state index in [4.69, 9.17) is 0 Å². The highest BCUT2D eigenvalue weighted by molar-refractivity contribution is 7.99. The van der Waals surface area contributed by atoms with Crippen LogP contribution in [-0.4, -0.2) is 41.2 Å².